The Hall–Kier alpha value is -0.840. The van der Waals surface area contributed by atoms with Crippen molar-refractivity contribution in [1.29, 1.82) is 0 Å². The number of benzene rings is 1. The van der Waals surface area contributed by atoms with E-state index in [0.29, 0.717) is 10.7 Å². The highest BCUT2D eigenvalue weighted by molar-refractivity contribution is 9.10. The SMILES string of the molecule is Cc1cc(C(O)c2c(Cl)cnn2C)cc(C)c1Br. The normalized spacial score (nSPS) is 12.8. The van der Waals surface area contributed by atoms with E-state index in [1.165, 1.54) is 0 Å². The Kier molecular flexibility index (Phi) is 3.80. The molecular formula is C13H14BrClN2O. The lowest BCUT2D eigenvalue weighted by Gasteiger charge is -2.15. The molecule has 5 heteroatoms. The Balaban J connectivity index is 2.50. The Morgan fingerprint density at radius 2 is 1.89 bits per heavy atom. The van der Waals surface area contributed by atoms with Gasteiger partial charge in [0.25, 0.3) is 0 Å². The van der Waals surface area contributed by atoms with Crippen LogP contribution < -0.4 is 0 Å². The average molecular weight is 330 g/mol. The number of aromatic nitrogens is 2. The van der Waals surface area contributed by atoms with E-state index in [0.717, 1.165) is 21.2 Å². The Labute approximate surface area is 120 Å². The van der Waals surface area contributed by atoms with Crippen molar-refractivity contribution in [1.82, 2.24) is 9.78 Å². The molecule has 1 atom stereocenters. The largest absolute Gasteiger partial charge is 0.382 e. The van der Waals surface area contributed by atoms with Crippen molar-refractivity contribution in [3.8, 4) is 0 Å². The summed E-state index contributed by atoms with van der Waals surface area (Å²) >= 11 is 9.56. The van der Waals surface area contributed by atoms with Gasteiger partial charge in [-0.05, 0) is 30.5 Å². The van der Waals surface area contributed by atoms with Gasteiger partial charge in [-0.15, -0.1) is 0 Å². The maximum atomic E-state index is 10.4. The number of rotatable bonds is 2. The molecule has 0 saturated carbocycles. The molecular weight excluding hydrogens is 316 g/mol. The molecule has 1 N–H and O–H groups in total. The predicted octanol–water partition coefficient (Wildman–Crippen LogP) is 3.53. The monoisotopic (exact) mass is 328 g/mol. The summed E-state index contributed by atoms with van der Waals surface area (Å²) in [5, 5.41) is 14.9. The summed E-state index contributed by atoms with van der Waals surface area (Å²) in [7, 11) is 1.77. The Morgan fingerprint density at radius 1 is 1.33 bits per heavy atom. The average Bonchev–Trinajstić information content (AvgIpc) is 2.64. The Bertz CT molecular complexity index is 552. The molecule has 0 spiro atoms. The minimum absolute atomic E-state index is 0.475. The van der Waals surface area contributed by atoms with Gasteiger partial charge in [-0.25, -0.2) is 0 Å². The first-order valence-corrected chi connectivity index (χ1v) is 6.71. The zero-order valence-corrected chi connectivity index (χ0v) is 12.7. The zero-order valence-electron chi connectivity index (χ0n) is 10.4. The number of aliphatic hydroxyl groups excluding tert-OH is 1. The van der Waals surface area contributed by atoms with Crippen molar-refractivity contribution in [2.75, 3.05) is 0 Å². The van der Waals surface area contributed by atoms with Gasteiger partial charge in [0.15, 0.2) is 0 Å². The smallest absolute Gasteiger partial charge is 0.122 e. The third-order valence-corrected chi connectivity index (χ3v) is 4.51. The fraction of sp³-hybridized carbons (Fsp3) is 0.308. The second-order valence-electron chi connectivity index (χ2n) is 4.37. The first kappa shape index (κ1) is 13.6. The lowest BCUT2D eigenvalue weighted by molar-refractivity contribution is 0.209. The molecule has 18 heavy (non-hydrogen) atoms. The summed E-state index contributed by atoms with van der Waals surface area (Å²) in [5.41, 5.74) is 3.60. The molecule has 0 saturated heterocycles. The molecule has 3 nitrogen and oxygen atoms in total. The predicted molar refractivity (Wildman–Crippen MR) is 75.9 cm³/mol. The van der Waals surface area contributed by atoms with E-state index in [1.54, 1.807) is 17.9 Å². The van der Waals surface area contributed by atoms with E-state index in [9.17, 15) is 5.11 Å². The third kappa shape index (κ3) is 2.32. The van der Waals surface area contributed by atoms with Crippen LogP contribution in [-0.2, 0) is 7.05 Å². The second kappa shape index (κ2) is 5.03. The van der Waals surface area contributed by atoms with Crippen molar-refractivity contribution in [3.63, 3.8) is 0 Å². The van der Waals surface area contributed by atoms with Crippen LogP contribution in [-0.4, -0.2) is 14.9 Å². The van der Waals surface area contributed by atoms with Crippen LogP contribution >= 0.6 is 27.5 Å². The highest BCUT2D eigenvalue weighted by atomic mass is 79.9. The van der Waals surface area contributed by atoms with E-state index < -0.39 is 6.10 Å². The van der Waals surface area contributed by atoms with Gasteiger partial charge in [-0.3, -0.25) is 4.68 Å². The topological polar surface area (TPSA) is 38.1 Å². The zero-order chi connectivity index (χ0) is 13.4. The summed E-state index contributed by atoms with van der Waals surface area (Å²) < 4.78 is 2.66. The number of aliphatic hydroxyl groups is 1. The van der Waals surface area contributed by atoms with Crippen LogP contribution in [0.2, 0.25) is 5.02 Å². The van der Waals surface area contributed by atoms with Crippen LogP contribution in [0.5, 0.6) is 0 Å². The molecule has 2 rings (SSSR count). The summed E-state index contributed by atoms with van der Waals surface area (Å²) in [6, 6.07) is 3.90. The number of hydrogen-bond acceptors (Lipinski definition) is 2. The quantitative estimate of drug-likeness (QED) is 0.915. The van der Waals surface area contributed by atoms with Gasteiger partial charge < -0.3 is 5.11 Å². The van der Waals surface area contributed by atoms with Gasteiger partial charge in [0, 0.05) is 11.5 Å². The molecule has 0 fully saturated rings. The molecule has 1 aromatic carbocycles. The number of hydrogen-bond donors (Lipinski definition) is 1. The van der Waals surface area contributed by atoms with Crippen LogP contribution in [0.25, 0.3) is 0 Å². The summed E-state index contributed by atoms with van der Waals surface area (Å²) in [6.45, 7) is 4.00. The maximum Gasteiger partial charge on any atom is 0.122 e. The van der Waals surface area contributed by atoms with Gasteiger partial charge in [-0.2, -0.15) is 5.10 Å². The maximum absolute atomic E-state index is 10.4. The molecule has 0 aliphatic carbocycles. The molecule has 1 aromatic heterocycles. The fourth-order valence-electron chi connectivity index (χ4n) is 2.02. The first-order valence-electron chi connectivity index (χ1n) is 5.54. The number of aryl methyl sites for hydroxylation is 3. The standard InChI is InChI=1S/C13H14BrClN2O/c1-7-4-9(5-8(2)11(7)14)13(18)12-10(15)6-16-17(12)3/h4-6,13,18H,1-3H3. The highest BCUT2D eigenvalue weighted by Crippen LogP contribution is 2.31. The molecule has 0 aliphatic rings. The van der Waals surface area contributed by atoms with Crippen molar-refractivity contribution in [3.05, 3.63) is 50.2 Å². The molecule has 0 aliphatic heterocycles. The molecule has 2 aromatic rings. The van der Waals surface area contributed by atoms with Crippen LogP contribution in [0.1, 0.15) is 28.5 Å². The van der Waals surface area contributed by atoms with Crippen molar-refractivity contribution >= 4 is 27.5 Å². The van der Waals surface area contributed by atoms with Crippen molar-refractivity contribution in [2.24, 2.45) is 7.05 Å². The molecule has 0 amide bonds. The number of nitrogens with zero attached hydrogens (tertiary/aromatic N) is 2. The lowest BCUT2D eigenvalue weighted by Crippen LogP contribution is -2.08. The Morgan fingerprint density at radius 3 is 2.33 bits per heavy atom. The van der Waals surface area contributed by atoms with E-state index in [1.807, 2.05) is 26.0 Å². The van der Waals surface area contributed by atoms with E-state index >= 15 is 0 Å². The molecule has 0 bridgehead atoms. The summed E-state index contributed by atoms with van der Waals surface area (Å²) in [6.07, 6.45) is 0.772. The van der Waals surface area contributed by atoms with E-state index in [4.69, 9.17) is 11.6 Å². The minimum Gasteiger partial charge on any atom is -0.382 e. The van der Waals surface area contributed by atoms with Crippen molar-refractivity contribution < 1.29 is 5.11 Å². The van der Waals surface area contributed by atoms with Gasteiger partial charge in [0.05, 0.1) is 16.9 Å². The van der Waals surface area contributed by atoms with Gasteiger partial charge in [0.1, 0.15) is 6.10 Å². The third-order valence-electron chi connectivity index (χ3n) is 2.97. The highest BCUT2D eigenvalue weighted by Gasteiger charge is 2.19. The van der Waals surface area contributed by atoms with Gasteiger partial charge in [0.2, 0.25) is 0 Å². The minimum atomic E-state index is -0.768. The lowest BCUT2D eigenvalue weighted by atomic mass is 10.0. The van der Waals surface area contributed by atoms with E-state index in [2.05, 4.69) is 21.0 Å². The molecule has 96 valence electrons. The van der Waals surface area contributed by atoms with Crippen LogP contribution in [0, 0.1) is 13.8 Å². The fourth-order valence-corrected chi connectivity index (χ4v) is 2.52. The molecule has 1 heterocycles. The van der Waals surface area contributed by atoms with Crippen LogP contribution in [0.3, 0.4) is 0 Å². The van der Waals surface area contributed by atoms with Crippen molar-refractivity contribution in [2.45, 2.75) is 20.0 Å². The molecule has 1 unspecified atom stereocenters. The number of halogens is 2. The first-order chi connectivity index (χ1) is 8.41. The molecule has 0 radical (unpaired) electrons. The van der Waals surface area contributed by atoms with Crippen LogP contribution in [0.4, 0.5) is 0 Å². The van der Waals surface area contributed by atoms with Gasteiger partial charge in [-0.1, -0.05) is 39.7 Å². The second-order valence-corrected chi connectivity index (χ2v) is 5.57. The van der Waals surface area contributed by atoms with Crippen LogP contribution in [0.15, 0.2) is 22.8 Å². The summed E-state index contributed by atoms with van der Waals surface area (Å²) in [4.78, 5) is 0. The summed E-state index contributed by atoms with van der Waals surface area (Å²) in [5.74, 6) is 0. The van der Waals surface area contributed by atoms with Gasteiger partial charge >= 0.3 is 0 Å². The van der Waals surface area contributed by atoms with E-state index in [-0.39, 0.29) is 0 Å².